The molecule has 3 N–H and O–H groups in total. The summed E-state index contributed by atoms with van der Waals surface area (Å²) in [7, 11) is 0. The molecule has 1 aliphatic heterocycles. The Morgan fingerprint density at radius 1 is 1.32 bits per heavy atom. The van der Waals surface area contributed by atoms with Gasteiger partial charge in [0.05, 0.1) is 5.56 Å². The monoisotopic (exact) mass is 262 g/mol. The van der Waals surface area contributed by atoms with Gasteiger partial charge in [0.15, 0.2) is 0 Å². The molecule has 5 nitrogen and oxygen atoms in total. The lowest BCUT2D eigenvalue weighted by Crippen LogP contribution is -2.15. The Morgan fingerprint density at radius 2 is 2.05 bits per heavy atom. The van der Waals surface area contributed by atoms with Crippen molar-refractivity contribution in [2.75, 3.05) is 18.4 Å². The highest BCUT2D eigenvalue weighted by molar-refractivity contribution is 5.92. The number of carboxylic acids is 1. The van der Waals surface area contributed by atoms with Crippen molar-refractivity contribution in [2.24, 2.45) is 5.92 Å². The fourth-order valence-electron chi connectivity index (χ4n) is 2.22. The highest BCUT2D eigenvalue weighted by Gasteiger charge is 2.15. The molecule has 0 saturated carbocycles. The van der Waals surface area contributed by atoms with Gasteiger partial charge in [-0.15, -0.1) is 0 Å². The summed E-state index contributed by atoms with van der Waals surface area (Å²) in [5, 5.41) is 14.8. The van der Waals surface area contributed by atoms with Crippen LogP contribution in [0.25, 0.3) is 0 Å². The molecule has 1 aromatic rings. The van der Waals surface area contributed by atoms with Gasteiger partial charge in [-0.05, 0) is 56.1 Å². The number of aromatic carboxylic acids is 1. The van der Waals surface area contributed by atoms with Crippen molar-refractivity contribution in [3.05, 3.63) is 29.8 Å². The van der Waals surface area contributed by atoms with E-state index < -0.39 is 5.97 Å². The Balaban J connectivity index is 1.79. The third kappa shape index (κ3) is 4.06. The van der Waals surface area contributed by atoms with Crippen LogP contribution >= 0.6 is 0 Å². The van der Waals surface area contributed by atoms with Crippen molar-refractivity contribution in [1.29, 1.82) is 0 Å². The highest BCUT2D eigenvalue weighted by atomic mass is 16.4. The van der Waals surface area contributed by atoms with E-state index in [4.69, 9.17) is 5.11 Å². The lowest BCUT2D eigenvalue weighted by atomic mass is 10.0. The second kappa shape index (κ2) is 6.33. The second-order valence-electron chi connectivity index (χ2n) is 4.83. The molecule has 0 bridgehead atoms. The molecule has 0 aromatic heterocycles. The van der Waals surface area contributed by atoms with Gasteiger partial charge < -0.3 is 15.7 Å². The van der Waals surface area contributed by atoms with Crippen molar-refractivity contribution < 1.29 is 14.7 Å². The Kier molecular flexibility index (Phi) is 4.52. The van der Waals surface area contributed by atoms with E-state index in [1.807, 2.05) is 0 Å². The zero-order chi connectivity index (χ0) is 13.7. The molecule has 1 saturated heterocycles. The Morgan fingerprint density at radius 3 is 2.63 bits per heavy atom. The van der Waals surface area contributed by atoms with Crippen LogP contribution in [0.5, 0.6) is 0 Å². The Hall–Kier alpha value is -1.88. The SMILES string of the molecule is O=C(CCC1CCNC1)Nc1ccc(C(=O)O)cc1. The van der Waals surface area contributed by atoms with E-state index in [0.717, 1.165) is 25.9 Å². The van der Waals surface area contributed by atoms with E-state index in [1.54, 1.807) is 12.1 Å². The molecule has 2 rings (SSSR count). The van der Waals surface area contributed by atoms with Crippen LogP contribution in [0.4, 0.5) is 5.69 Å². The van der Waals surface area contributed by atoms with Crippen molar-refractivity contribution in [3.8, 4) is 0 Å². The predicted octanol–water partition coefficient (Wildman–Crippen LogP) is 1.71. The topological polar surface area (TPSA) is 78.4 Å². The summed E-state index contributed by atoms with van der Waals surface area (Å²) in [6.07, 6.45) is 2.54. The summed E-state index contributed by atoms with van der Waals surface area (Å²) in [5.74, 6) is -0.387. The van der Waals surface area contributed by atoms with Crippen LogP contribution in [0.15, 0.2) is 24.3 Å². The molecule has 1 amide bonds. The first-order chi connectivity index (χ1) is 9.15. The van der Waals surface area contributed by atoms with Gasteiger partial charge in [0.1, 0.15) is 0 Å². The molecule has 102 valence electrons. The number of hydrogen-bond acceptors (Lipinski definition) is 3. The molecule has 1 fully saturated rings. The maximum atomic E-state index is 11.7. The number of carbonyl (C=O) groups is 2. The fraction of sp³-hybridized carbons (Fsp3) is 0.429. The largest absolute Gasteiger partial charge is 0.478 e. The highest BCUT2D eigenvalue weighted by Crippen LogP contribution is 2.15. The van der Waals surface area contributed by atoms with E-state index in [2.05, 4.69) is 10.6 Å². The average Bonchev–Trinajstić information content (AvgIpc) is 2.90. The van der Waals surface area contributed by atoms with Gasteiger partial charge in [0.25, 0.3) is 0 Å². The number of rotatable bonds is 5. The van der Waals surface area contributed by atoms with Gasteiger partial charge in [-0.3, -0.25) is 4.79 Å². The van der Waals surface area contributed by atoms with Gasteiger partial charge in [-0.25, -0.2) is 4.79 Å². The Labute approximate surface area is 112 Å². The minimum Gasteiger partial charge on any atom is -0.478 e. The summed E-state index contributed by atoms with van der Waals surface area (Å²) in [6.45, 7) is 2.05. The van der Waals surface area contributed by atoms with Crippen LogP contribution in [0.3, 0.4) is 0 Å². The van der Waals surface area contributed by atoms with Crippen molar-refractivity contribution in [1.82, 2.24) is 5.32 Å². The third-order valence-corrected chi connectivity index (χ3v) is 3.36. The molecule has 19 heavy (non-hydrogen) atoms. The van der Waals surface area contributed by atoms with Crippen molar-refractivity contribution in [3.63, 3.8) is 0 Å². The first-order valence-corrected chi connectivity index (χ1v) is 6.49. The smallest absolute Gasteiger partial charge is 0.335 e. The standard InChI is InChI=1S/C14H18N2O3/c17-13(6-1-10-7-8-15-9-10)16-12-4-2-11(3-5-12)14(18)19/h2-5,10,15H,1,6-9H2,(H,16,17)(H,18,19). The molecule has 0 aliphatic carbocycles. The minimum absolute atomic E-state index is 0.0185. The second-order valence-corrected chi connectivity index (χ2v) is 4.83. The van der Waals surface area contributed by atoms with Crippen molar-refractivity contribution in [2.45, 2.75) is 19.3 Å². The molecule has 1 unspecified atom stereocenters. The zero-order valence-electron chi connectivity index (χ0n) is 10.7. The molecule has 5 heteroatoms. The lowest BCUT2D eigenvalue weighted by molar-refractivity contribution is -0.116. The summed E-state index contributed by atoms with van der Waals surface area (Å²) in [6, 6.07) is 6.19. The number of benzene rings is 1. The molecule has 1 aromatic carbocycles. The summed E-state index contributed by atoms with van der Waals surface area (Å²) in [4.78, 5) is 22.4. The average molecular weight is 262 g/mol. The Bertz CT molecular complexity index is 450. The summed E-state index contributed by atoms with van der Waals surface area (Å²) >= 11 is 0. The van der Waals surface area contributed by atoms with E-state index in [1.165, 1.54) is 12.1 Å². The molecular formula is C14H18N2O3. The number of carboxylic acid groups (broad SMARTS) is 1. The van der Waals surface area contributed by atoms with Crippen LogP contribution in [0.1, 0.15) is 29.6 Å². The predicted molar refractivity (Wildman–Crippen MR) is 72.2 cm³/mol. The number of amides is 1. The third-order valence-electron chi connectivity index (χ3n) is 3.36. The lowest BCUT2D eigenvalue weighted by Gasteiger charge is -2.08. The van der Waals surface area contributed by atoms with Gasteiger partial charge in [-0.2, -0.15) is 0 Å². The maximum absolute atomic E-state index is 11.7. The number of carbonyl (C=O) groups excluding carboxylic acids is 1. The van der Waals surface area contributed by atoms with Crippen LogP contribution in [-0.2, 0) is 4.79 Å². The zero-order valence-corrected chi connectivity index (χ0v) is 10.7. The molecule has 0 radical (unpaired) electrons. The van der Waals surface area contributed by atoms with Crippen molar-refractivity contribution >= 4 is 17.6 Å². The minimum atomic E-state index is -0.966. The van der Waals surface area contributed by atoms with Gasteiger partial charge in [0.2, 0.25) is 5.91 Å². The van der Waals surface area contributed by atoms with Crippen LogP contribution in [0.2, 0.25) is 0 Å². The summed E-state index contributed by atoms with van der Waals surface area (Å²) in [5.41, 5.74) is 0.856. The van der Waals surface area contributed by atoms with E-state index >= 15 is 0 Å². The molecule has 1 heterocycles. The molecular weight excluding hydrogens is 244 g/mol. The van der Waals surface area contributed by atoms with Gasteiger partial charge >= 0.3 is 5.97 Å². The number of anilines is 1. The van der Waals surface area contributed by atoms with Crippen LogP contribution in [0, 0.1) is 5.92 Å². The maximum Gasteiger partial charge on any atom is 0.335 e. The van der Waals surface area contributed by atoms with E-state index in [-0.39, 0.29) is 11.5 Å². The fourth-order valence-corrected chi connectivity index (χ4v) is 2.22. The molecule has 1 atom stereocenters. The number of hydrogen-bond donors (Lipinski definition) is 3. The van der Waals surface area contributed by atoms with E-state index in [9.17, 15) is 9.59 Å². The quantitative estimate of drug-likeness (QED) is 0.755. The van der Waals surface area contributed by atoms with Gasteiger partial charge in [0, 0.05) is 12.1 Å². The van der Waals surface area contributed by atoms with E-state index in [0.29, 0.717) is 18.0 Å². The van der Waals surface area contributed by atoms with Gasteiger partial charge in [-0.1, -0.05) is 0 Å². The van der Waals surface area contributed by atoms with Crippen LogP contribution in [-0.4, -0.2) is 30.1 Å². The molecule has 1 aliphatic rings. The first-order valence-electron chi connectivity index (χ1n) is 6.49. The normalized spacial score (nSPS) is 18.2. The first kappa shape index (κ1) is 13.5. The van der Waals surface area contributed by atoms with Crippen LogP contribution < -0.4 is 10.6 Å². The number of nitrogens with one attached hydrogen (secondary N) is 2. The summed E-state index contributed by atoms with van der Waals surface area (Å²) < 4.78 is 0. The molecule has 0 spiro atoms.